The average Bonchev–Trinajstić information content (AvgIpc) is 2.47. The minimum Gasteiger partial charge on any atom is -0.351 e. The largest absolute Gasteiger partial charge is 0.351 e. The van der Waals surface area contributed by atoms with Crippen molar-refractivity contribution in [2.45, 2.75) is 44.7 Å². The number of anilines is 1. The number of rotatable bonds is 4. The van der Waals surface area contributed by atoms with Gasteiger partial charge in [-0.3, -0.25) is 4.79 Å². The van der Waals surface area contributed by atoms with E-state index in [2.05, 4.69) is 10.6 Å². The van der Waals surface area contributed by atoms with Gasteiger partial charge in [0.1, 0.15) is 0 Å². The van der Waals surface area contributed by atoms with Gasteiger partial charge < -0.3 is 22.1 Å². The molecule has 0 aromatic heterocycles. The predicted octanol–water partition coefficient (Wildman–Crippen LogP) is 2.29. The molecule has 1 saturated carbocycles. The Balaban J connectivity index is 0.00000264. The second-order valence-electron chi connectivity index (χ2n) is 5.97. The van der Waals surface area contributed by atoms with Gasteiger partial charge in [0.2, 0.25) is 5.91 Å². The highest BCUT2D eigenvalue weighted by Gasteiger charge is 2.26. The van der Waals surface area contributed by atoms with Crippen LogP contribution >= 0.6 is 12.4 Å². The zero-order valence-corrected chi connectivity index (χ0v) is 14.1. The third-order valence-corrected chi connectivity index (χ3v) is 4.12. The molecule has 6 nitrogen and oxygen atoms in total. The van der Waals surface area contributed by atoms with Gasteiger partial charge >= 0.3 is 6.03 Å². The molecule has 0 radical (unpaired) electrons. The van der Waals surface area contributed by atoms with Gasteiger partial charge in [0.05, 0.1) is 6.04 Å². The summed E-state index contributed by atoms with van der Waals surface area (Å²) in [4.78, 5) is 23.1. The molecule has 1 aromatic carbocycles. The molecule has 3 unspecified atom stereocenters. The van der Waals surface area contributed by atoms with Crippen LogP contribution in [0.3, 0.4) is 0 Å². The maximum Gasteiger partial charge on any atom is 0.316 e. The minimum absolute atomic E-state index is 0. The molecule has 23 heavy (non-hydrogen) atoms. The number of urea groups is 1. The van der Waals surface area contributed by atoms with Gasteiger partial charge in [0.15, 0.2) is 0 Å². The molecule has 0 saturated heterocycles. The molecule has 0 bridgehead atoms. The summed E-state index contributed by atoms with van der Waals surface area (Å²) in [5.41, 5.74) is 12.6. The fourth-order valence-electron chi connectivity index (χ4n) is 2.88. The van der Waals surface area contributed by atoms with Crippen LogP contribution in [0.25, 0.3) is 0 Å². The lowest BCUT2D eigenvalue weighted by molar-refractivity contribution is -0.126. The van der Waals surface area contributed by atoms with E-state index in [1.165, 1.54) is 0 Å². The first kappa shape index (κ1) is 19.3. The molecule has 1 fully saturated rings. The quantitative estimate of drug-likeness (QED) is 0.674. The van der Waals surface area contributed by atoms with Crippen LogP contribution in [0.15, 0.2) is 24.3 Å². The highest BCUT2D eigenvalue weighted by Crippen LogP contribution is 2.24. The van der Waals surface area contributed by atoms with E-state index in [0.29, 0.717) is 5.69 Å². The van der Waals surface area contributed by atoms with Gasteiger partial charge in [0.25, 0.3) is 0 Å². The number of carbonyl (C=O) groups excluding carboxylic acids is 2. The SMILES string of the molecule is CC(NC(=O)C1CCCC(N)C1)c1ccc(NC(N)=O)cc1.Cl. The summed E-state index contributed by atoms with van der Waals surface area (Å²) >= 11 is 0. The highest BCUT2D eigenvalue weighted by molar-refractivity contribution is 5.87. The summed E-state index contributed by atoms with van der Waals surface area (Å²) in [6, 6.07) is 6.71. The molecule has 1 aliphatic rings. The first-order chi connectivity index (χ1) is 10.5. The van der Waals surface area contributed by atoms with Crippen molar-refractivity contribution in [1.82, 2.24) is 5.32 Å². The van der Waals surface area contributed by atoms with Crippen molar-refractivity contribution < 1.29 is 9.59 Å². The zero-order chi connectivity index (χ0) is 16.1. The molecule has 3 amide bonds. The van der Waals surface area contributed by atoms with Crippen LogP contribution in [0.5, 0.6) is 0 Å². The van der Waals surface area contributed by atoms with Gasteiger partial charge in [-0.05, 0) is 43.9 Å². The second kappa shape index (κ2) is 8.74. The number of nitrogens with one attached hydrogen (secondary N) is 2. The van der Waals surface area contributed by atoms with Crippen molar-refractivity contribution in [3.05, 3.63) is 29.8 Å². The smallest absolute Gasteiger partial charge is 0.316 e. The first-order valence-electron chi connectivity index (χ1n) is 7.68. The van der Waals surface area contributed by atoms with Gasteiger partial charge in [-0.2, -0.15) is 0 Å². The van der Waals surface area contributed by atoms with Crippen molar-refractivity contribution in [2.75, 3.05) is 5.32 Å². The minimum atomic E-state index is -0.595. The Kier molecular flexibility index (Phi) is 7.32. The molecule has 3 atom stereocenters. The second-order valence-corrected chi connectivity index (χ2v) is 5.97. The number of hydrogen-bond donors (Lipinski definition) is 4. The number of hydrogen-bond acceptors (Lipinski definition) is 3. The fourth-order valence-corrected chi connectivity index (χ4v) is 2.88. The van der Waals surface area contributed by atoms with E-state index in [1.807, 2.05) is 19.1 Å². The Bertz CT molecular complexity index is 535. The zero-order valence-electron chi connectivity index (χ0n) is 13.2. The summed E-state index contributed by atoms with van der Waals surface area (Å²) in [6.07, 6.45) is 3.70. The van der Waals surface area contributed by atoms with Crippen LogP contribution in [0.2, 0.25) is 0 Å². The summed E-state index contributed by atoms with van der Waals surface area (Å²) in [7, 11) is 0. The van der Waals surface area contributed by atoms with Gasteiger partial charge in [-0.1, -0.05) is 18.6 Å². The first-order valence-corrected chi connectivity index (χ1v) is 7.68. The van der Waals surface area contributed by atoms with Crippen LogP contribution < -0.4 is 22.1 Å². The summed E-state index contributed by atoms with van der Waals surface area (Å²) in [5.74, 6) is 0.0870. The monoisotopic (exact) mass is 340 g/mol. The molecule has 128 valence electrons. The average molecular weight is 341 g/mol. The lowest BCUT2D eigenvalue weighted by Crippen LogP contribution is -2.38. The summed E-state index contributed by atoms with van der Waals surface area (Å²) in [6.45, 7) is 1.94. The third kappa shape index (κ3) is 5.73. The van der Waals surface area contributed by atoms with Crippen molar-refractivity contribution >= 4 is 30.0 Å². The van der Waals surface area contributed by atoms with Crippen molar-refractivity contribution in [3.8, 4) is 0 Å². The van der Waals surface area contributed by atoms with E-state index in [-0.39, 0.29) is 36.3 Å². The number of amides is 3. The molecule has 6 N–H and O–H groups in total. The Hall–Kier alpha value is -1.79. The topological polar surface area (TPSA) is 110 Å². The maximum absolute atomic E-state index is 12.3. The molecule has 1 aromatic rings. The van der Waals surface area contributed by atoms with E-state index in [9.17, 15) is 9.59 Å². The Morgan fingerprint density at radius 2 is 1.87 bits per heavy atom. The van der Waals surface area contributed by atoms with E-state index in [1.54, 1.807) is 12.1 Å². The number of primary amides is 1. The van der Waals surface area contributed by atoms with Crippen LogP contribution in [0.4, 0.5) is 10.5 Å². The van der Waals surface area contributed by atoms with Crippen molar-refractivity contribution in [2.24, 2.45) is 17.4 Å². The molecule has 7 heteroatoms. The lowest BCUT2D eigenvalue weighted by Gasteiger charge is -2.27. The van der Waals surface area contributed by atoms with Crippen LogP contribution in [0, 0.1) is 5.92 Å². The standard InChI is InChI=1S/C16H24N4O2.ClH/c1-10(11-5-7-14(8-6-11)20-16(18)22)19-15(21)12-3-2-4-13(17)9-12;/h5-8,10,12-13H,2-4,9,17H2,1H3,(H,19,21)(H3,18,20,22);1H. The molecule has 0 aliphatic heterocycles. The van der Waals surface area contributed by atoms with Gasteiger partial charge in [-0.15, -0.1) is 12.4 Å². The van der Waals surface area contributed by atoms with E-state index >= 15 is 0 Å². The van der Waals surface area contributed by atoms with Crippen LogP contribution in [0.1, 0.15) is 44.2 Å². The van der Waals surface area contributed by atoms with Crippen LogP contribution in [-0.4, -0.2) is 18.0 Å². The number of benzene rings is 1. The Labute approximate surface area is 142 Å². The summed E-state index contributed by atoms with van der Waals surface area (Å²) < 4.78 is 0. The van der Waals surface area contributed by atoms with E-state index < -0.39 is 6.03 Å². The number of nitrogens with two attached hydrogens (primary N) is 2. The van der Waals surface area contributed by atoms with Gasteiger partial charge in [0, 0.05) is 17.6 Å². The predicted molar refractivity (Wildman–Crippen MR) is 93.4 cm³/mol. The number of halogens is 1. The summed E-state index contributed by atoms with van der Waals surface area (Å²) in [5, 5.41) is 5.55. The van der Waals surface area contributed by atoms with Crippen LogP contribution in [-0.2, 0) is 4.79 Å². The molecular formula is C16H25ClN4O2. The number of carbonyl (C=O) groups is 2. The highest BCUT2D eigenvalue weighted by atomic mass is 35.5. The normalized spacial score (nSPS) is 21.7. The molecule has 0 heterocycles. The fraction of sp³-hybridized carbons (Fsp3) is 0.500. The third-order valence-electron chi connectivity index (χ3n) is 4.12. The van der Waals surface area contributed by atoms with Crippen molar-refractivity contribution in [3.63, 3.8) is 0 Å². The Morgan fingerprint density at radius 1 is 1.22 bits per heavy atom. The Morgan fingerprint density at radius 3 is 2.43 bits per heavy atom. The maximum atomic E-state index is 12.3. The molecule has 1 aliphatic carbocycles. The molecule has 0 spiro atoms. The van der Waals surface area contributed by atoms with E-state index in [4.69, 9.17) is 11.5 Å². The molecule has 2 rings (SSSR count). The molecular weight excluding hydrogens is 316 g/mol. The van der Waals surface area contributed by atoms with Crippen molar-refractivity contribution in [1.29, 1.82) is 0 Å². The van der Waals surface area contributed by atoms with Gasteiger partial charge in [-0.25, -0.2) is 4.79 Å². The van der Waals surface area contributed by atoms with E-state index in [0.717, 1.165) is 31.2 Å². The lowest BCUT2D eigenvalue weighted by atomic mass is 9.85.